The number of sulfone groups is 1. The monoisotopic (exact) mass is 341 g/mol. The van der Waals surface area contributed by atoms with Crippen molar-refractivity contribution in [2.24, 2.45) is 5.92 Å². The smallest absolute Gasteiger partial charge is 0.293 e. The van der Waals surface area contributed by atoms with Crippen LogP contribution in [0.4, 0.5) is 11.4 Å². The quantitative estimate of drug-likeness (QED) is 0.599. The second kappa shape index (κ2) is 6.84. The Bertz CT molecular complexity index is 682. The van der Waals surface area contributed by atoms with Crippen molar-refractivity contribution >= 4 is 21.2 Å². The number of nitrogens with zero attached hydrogens (tertiary/aromatic N) is 3. The number of piperidine rings is 1. The van der Waals surface area contributed by atoms with Gasteiger partial charge in [0.25, 0.3) is 5.69 Å². The highest BCUT2D eigenvalue weighted by atomic mass is 32.2. The zero-order chi connectivity index (χ0) is 17.2. The van der Waals surface area contributed by atoms with E-state index in [0.717, 1.165) is 44.8 Å². The van der Waals surface area contributed by atoms with Crippen LogP contribution >= 0.6 is 0 Å². The largest absolute Gasteiger partial charge is 0.369 e. The van der Waals surface area contributed by atoms with Crippen molar-refractivity contribution in [3.05, 3.63) is 28.3 Å². The zero-order valence-electron chi connectivity index (χ0n) is 13.7. The fourth-order valence-electron chi connectivity index (χ4n) is 2.93. The number of nitro benzene ring substituents is 1. The Labute approximate surface area is 137 Å². The van der Waals surface area contributed by atoms with Crippen LogP contribution in [-0.2, 0) is 9.84 Å². The molecule has 0 bridgehead atoms. The number of benzene rings is 1. The molecule has 1 heterocycles. The minimum atomic E-state index is -3.46. The molecule has 1 aromatic carbocycles. The summed E-state index contributed by atoms with van der Waals surface area (Å²) in [4.78, 5) is 14.9. The van der Waals surface area contributed by atoms with Gasteiger partial charge in [0.15, 0.2) is 9.84 Å². The van der Waals surface area contributed by atoms with E-state index in [2.05, 4.69) is 11.9 Å². The molecule has 1 aliphatic heterocycles. The highest BCUT2D eigenvalue weighted by Crippen LogP contribution is 2.31. The average Bonchev–Trinajstić information content (AvgIpc) is 2.48. The van der Waals surface area contributed by atoms with Crippen molar-refractivity contribution < 1.29 is 13.3 Å². The van der Waals surface area contributed by atoms with Gasteiger partial charge in [-0.1, -0.05) is 0 Å². The van der Waals surface area contributed by atoms with Crippen LogP contribution in [0.3, 0.4) is 0 Å². The second-order valence-corrected chi connectivity index (χ2v) is 8.32. The molecule has 0 aromatic heterocycles. The molecule has 0 amide bonds. The third-order valence-electron chi connectivity index (χ3n) is 4.35. The lowest BCUT2D eigenvalue weighted by Gasteiger charge is -2.32. The lowest BCUT2D eigenvalue weighted by Crippen LogP contribution is -2.35. The van der Waals surface area contributed by atoms with Crippen molar-refractivity contribution in [1.29, 1.82) is 0 Å². The van der Waals surface area contributed by atoms with E-state index < -0.39 is 14.8 Å². The molecule has 0 saturated carbocycles. The average molecular weight is 341 g/mol. The van der Waals surface area contributed by atoms with Gasteiger partial charge in [-0.15, -0.1) is 0 Å². The fraction of sp³-hybridized carbons (Fsp3) is 0.600. The number of hydrogen-bond acceptors (Lipinski definition) is 6. The first-order valence-corrected chi connectivity index (χ1v) is 9.46. The Morgan fingerprint density at radius 2 is 1.96 bits per heavy atom. The first-order valence-electron chi connectivity index (χ1n) is 7.56. The molecule has 0 radical (unpaired) electrons. The van der Waals surface area contributed by atoms with E-state index >= 15 is 0 Å². The second-order valence-electron chi connectivity index (χ2n) is 6.31. The molecule has 0 atom stereocenters. The molecule has 1 aromatic rings. The van der Waals surface area contributed by atoms with Gasteiger partial charge in [0.2, 0.25) is 0 Å². The van der Waals surface area contributed by atoms with Gasteiger partial charge >= 0.3 is 0 Å². The molecular weight excluding hydrogens is 318 g/mol. The van der Waals surface area contributed by atoms with Crippen molar-refractivity contribution in [3.8, 4) is 0 Å². The van der Waals surface area contributed by atoms with Crippen LogP contribution in [0.15, 0.2) is 23.1 Å². The van der Waals surface area contributed by atoms with Crippen molar-refractivity contribution in [2.75, 3.05) is 44.9 Å². The maximum Gasteiger partial charge on any atom is 0.293 e. The van der Waals surface area contributed by atoms with Crippen molar-refractivity contribution in [1.82, 2.24) is 4.90 Å². The minimum Gasteiger partial charge on any atom is -0.369 e. The highest BCUT2D eigenvalue weighted by Gasteiger charge is 2.24. The molecule has 0 unspecified atom stereocenters. The maximum absolute atomic E-state index is 11.6. The maximum atomic E-state index is 11.6. The van der Waals surface area contributed by atoms with E-state index in [1.807, 2.05) is 11.9 Å². The number of anilines is 1. The van der Waals surface area contributed by atoms with Gasteiger partial charge in [0, 0.05) is 25.9 Å². The summed E-state index contributed by atoms with van der Waals surface area (Å²) in [6.45, 7) is 2.80. The molecular formula is C15H23N3O4S. The number of rotatable bonds is 5. The first-order chi connectivity index (χ1) is 10.7. The Balaban J connectivity index is 2.22. The summed E-state index contributed by atoms with van der Waals surface area (Å²) in [5.41, 5.74) is 0.296. The van der Waals surface area contributed by atoms with Crippen molar-refractivity contribution in [2.45, 2.75) is 17.7 Å². The Hall–Kier alpha value is -1.67. The summed E-state index contributed by atoms with van der Waals surface area (Å²) in [7, 11) is 0.449. The summed E-state index contributed by atoms with van der Waals surface area (Å²) < 4.78 is 23.2. The van der Waals surface area contributed by atoms with E-state index in [1.165, 1.54) is 12.1 Å². The van der Waals surface area contributed by atoms with Gasteiger partial charge in [-0.05, 0) is 51.0 Å². The molecule has 1 fully saturated rings. The Kier molecular flexibility index (Phi) is 5.26. The predicted molar refractivity (Wildman–Crippen MR) is 89.7 cm³/mol. The van der Waals surface area contributed by atoms with Crippen LogP contribution in [0.25, 0.3) is 0 Å². The van der Waals surface area contributed by atoms with Crippen LogP contribution < -0.4 is 4.90 Å². The van der Waals surface area contributed by atoms with E-state index in [9.17, 15) is 18.5 Å². The molecule has 0 spiro atoms. The molecule has 0 N–H and O–H groups in total. The lowest BCUT2D eigenvalue weighted by molar-refractivity contribution is -0.384. The molecule has 2 rings (SSSR count). The van der Waals surface area contributed by atoms with Gasteiger partial charge < -0.3 is 9.80 Å². The third-order valence-corrected chi connectivity index (χ3v) is 5.46. The molecule has 7 nitrogen and oxygen atoms in total. The van der Waals surface area contributed by atoms with Crippen LogP contribution in [0.1, 0.15) is 12.8 Å². The van der Waals surface area contributed by atoms with Gasteiger partial charge in [0.1, 0.15) is 5.69 Å². The van der Waals surface area contributed by atoms with E-state index in [1.54, 1.807) is 0 Å². The molecule has 1 saturated heterocycles. The molecule has 8 heteroatoms. The highest BCUT2D eigenvalue weighted by molar-refractivity contribution is 7.90. The molecule has 23 heavy (non-hydrogen) atoms. The zero-order valence-corrected chi connectivity index (χ0v) is 14.5. The summed E-state index contributed by atoms with van der Waals surface area (Å²) in [6, 6.07) is 4.11. The van der Waals surface area contributed by atoms with Crippen molar-refractivity contribution in [3.63, 3.8) is 0 Å². The van der Waals surface area contributed by atoms with Crippen LogP contribution in [0.2, 0.25) is 0 Å². The van der Waals surface area contributed by atoms with Gasteiger partial charge in [-0.2, -0.15) is 0 Å². The minimum absolute atomic E-state index is 0.0272. The summed E-state index contributed by atoms with van der Waals surface area (Å²) >= 11 is 0. The fourth-order valence-corrected chi connectivity index (χ4v) is 3.57. The molecule has 1 aliphatic rings. The Morgan fingerprint density at radius 3 is 2.48 bits per heavy atom. The Morgan fingerprint density at radius 1 is 1.35 bits per heavy atom. The van der Waals surface area contributed by atoms with Gasteiger partial charge in [-0.3, -0.25) is 10.1 Å². The van der Waals surface area contributed by atoms with E-state index in [4.69, 9.17) is 0 Å². The number of likely N-dealkylation sites (tertiary alicyclic amines) is 1. The SMILES string of the molecule is CN1CCC(CN(C)c2ccc(S(C)(=O)=O)cc2[N+](=O)[O-])CC1. The predicted octanol–water partition coefficient (Wildman–Crippen LogP) is 1.78. The number of nitro groups is 1. The summed E-state index contributed by atoms with van der Waals surface area (Å²) in [5.74, 6) is 0.491. The summed E-state index contributed by atoms with van der Waals surface area (Å²) in [6.07, 6.45) is 3.18. The molecule has 128 valence electrons. The lowest BCUT2D eigenvalue weighted by atomic mass is 9.96. The normalized spacial score (nSPS) is 17.2. The number of hydrogen-bond donors (Lipinski definition) is 0. The van der Waals surface area contributed by atoms with Gasteiger partial charge in [0.05, 0.1) is 9.82 Å². The molecule has 0 aliphatic carbocycles. The van der Waals surface area contributed by atoms with Gasteiger partial charge in [-0.25, -0.2) is 8.42 Å². The summed E-state index contributed by atoms with van der Waals surface area (Å²) in [5, 5.41) is 11.3. The van der Waals surface area contributed by atoms with Crippen LogP contribution in [-0.4, -0.2) is 58.2 Å². The van der Waals surface area contributed by atoms with E-state index in [0.29, 0.717) is 11.6 Å². The van der Waals surface area contributed by atoms with E-state index in [-0.39, 0.29) is 10.6 Å². The first kappa shape index (κ1) is 17.7. The van der Waals surface area contributed by atoms with Crippen LogP contribution in [0, 0.1) is 16.0 Å². The van der Waals surface area contributed by atoms with Crippen LogP contribution in [0.5, 0.6) is 0 Å². The third kappa shape index (κ3) is 4.42. The topological polar surface area (TPSA) is 83.8 Å². The standard InChI is InChI=1S/C15H23N3O4S/c1-16-8-6-12(7-9-16)11-17(2)14-5-4-13(23(3,21)22)10-15(14)18(19)20/h4-5,10,12H,6-9,11H2,1-3H3.